The standard InChI is InChI=1S/C15H17Cl2N3O/c16-10-14-18-12-4-3-11(17)9-13(12)20(14)8-5-15(21)19-6-1-2-7-19/h3-4,9H,1-2,5-8,10H2. The van der Waals surface area contributed by atoms with E-state index in [2.05, 4.69) is 4.98 Å². The van der Waals surface area contributed by atoms with Crippen LogP contribution in [0.25, 0.3) is 11.0 Å². The molecule has 0 bridgehead atoms. The van der Waals surface area contributed by atoms with Crippen molar-refractivity contribution in [2.24, 2.45) is 0 Å². The lowest BCUT2D eigenvalue weighted by molar-refractivity contribution is -0.130. The van der Waals surface area contributed by atoms with Crippen molar-refractivity contribution in [2.45, 2.75) is 31.7 Å². The molecule has 3 rings (SSSR count). The van der Waals surface area contributed by atoms with Gasteiger partial charge in [-0.25, -0.2) is 4.98 Å². The minimum atomic E-state index is 0.205. The second-order valence-corrected chi connectivity index (χ2v) is 5.99. The van der Waals surface area contributed by atoms with Crippen LogP contribution in [0.15, 0.2) is 18.2 Å². The number of rotatable bonds is 4. The second kappa shape index (κ2) is 6.24. The lowest BCUT2D eigenvalue weighted by Gasteiger charge is -2.16. The first-order valence-corrected chi connectivity index (χ1v) is 8.08. The molecule has 6 heteroatoms. The van der Waals surface area contributed by atoms with E-state index in [1.54, 1.807) is 0 Å². The van der Waals surface area contributed by atoms with E-state index in [0.29, 0.717) is 23.9 Å². The summed E-state index contributed by atoms with van der Waals surface area (Å²) in [6.45, 7) is 2.36. The van der Waals surface area contributed by atoms with Crippen LogP contribution in [0.4, 0.5) is 0 Å². The Hall–Kier alpha value is -1.26. The van der Waals surface area contributed by atoms with Gasteiger partial charge in [0, 0.05) is 31.1 Å². The lowest BCUT2D eigenvalue weighted by Crippen LogP contribution is -2.28. The zero-order valence-corrected chi connectivity index (χ0v) is 13.2. The van der Waals surface area contributed by atoms with Gasteiger partial charge in [0.05, 0.1) is 16.9 Å². The number of benzene rings is 1. The van der Waals surface area contributed by atoms with E-state index in [0.717, 1.165) is 42.8 Å². The minimum Gasteiger partial charge on any atom is -0.343 e. The van der Waals surface area contributed by atoms with E-state index in [1.807, 2.05) is 27.7 Å². The number of nitrogens with zero attached hydrogens (tertiary/aromatic N) is 3. The first-order chi connectivity index (χ1) is 10.2. The fraction of sp³-hybridized carbons (Fsp3) is 0.467. The van der Waals surface area contributed by atoms with Gasteiger partial charge in [-0.2, -0.15) is 0 Å². The molecule has 0 unspecified atom stereocenters. The predicted octanol–water partition coefficient (Wildman–Crippen LogP) is 3.44. The Kier molecular flexibility index (Phi) is 4.36. The Balaban J connectivity index is 1.81. The van der Waals surface area contributed by atoms with Crippen LogP contribution in [0.3, 0.4) is 0 Å². The molecule has 0 aliphatic carbocycles. The molecule has 1 saturated heterocycles. The molecule has 0 N–H and O–H groups in total. The Labute approximate surface area is 133 Å². The molecule has 0 spiro atoms. The van der Waals surface area contributed by atoms with Crippen molar-refractivity contribution in [3.63, 3.8) is 0 Å². The summed E-state index contributed by atoms with van der Waals surface area (Å²) in [5.41, 5.74) is 1.80. The zero-order chi connectivity index (χ0) is 14.8. The number of amides is 1. The molecule has 2 aromatic rings. The van der Waals surface area contributed by atoms with Crippen LogP contribution in [0.5, 0.6) is 0 Å². The van der Waals surface area contributed by atoms with E-state index in [1.165, 1.54) is 0 Å². The number of aromatic nitrogens is 2. The van der Waals surface area contributed by atoms with E-state index in [9.17, 15) is 4.79 Å². The maximum absolute atomic E-state index is 12.2. The number of hydrogen-bond donors (Lipinski definition) is 0. The molecule has 1 aromatic heterocycles. The third kappa shape index (κ3) is 3.01. The average molecular weight is 326 g/mol. The van der Waals surface area contributed by atoms with Gasteiger partial charge in [-0.05, 0) is 31.0 Å². The quantitative estimate of drug-likeness (QED) is 0.807. The number of aryl methyl sites for hydroxylation is 1. The van der Waals surface area contributed by atoms with Gasteiger partial charge in [-0.15, -0.1) is 11.6 Å². The van der Waals surface area contributed by atoms with Crippen LogP contribution in [0.1, 0.15) is 25.1 Å². The predicted molar refractivity (Wildman–Crippen MR) is 84.7 cm³/mol. The van der Waals surface area contributed by atoms with E-state index in [4.69, 9.17) is 23.2 Å². The van der Waals surface area contributed by atoms with E-state index >= 15 is 0 Å². The normalized spacial score (nSPS) is 15.0. The summed E-state index contributed by atoms with van der Waals surface area (Å²) < 4.78 is 2.00. The molecular formula is C15H17Cl2N3O. The summed E-state index contributed by atoms with van der Waals surface area (Å²) in [4.78, 5) is 18.6. The van der Waals surface area contributed by atoms with Crippen LogP contribution in [0, 0.1) is 0 Å². The van der Waals surface area contributed by atoms with Gasteiger partial charge in [0.15, 0.2) is 0 Å². The first-order valence-electron chi connectivity index (χ1n) is 7.17. The van der Waals surface area contributed by atoms with Crippen molar-refractivity contribution < 1.29 is 4.79 Å². The van der Waals surface area contributed by atoms with Gasteiger partial charge in [0.1, 0.15) is 5.82 Å². The summed E-state index contributed by atoms with van der Waals surface area (Å²) in [6, 6.07) is 5.57. The van der Waals surface area contributed by atoms with Gasteiger partial charge in [-0.3, -0.25) is 4.79 Å². The smallest absolute Gasteiger partial charge is 0.224 e. The number of likely N-dealkylation sites (tertiary alicyclic amines) is 1. The van der Waals surface area contributed by atoms with Crippen LogP contribution in [0.2, 0.25) is 5.02 Å². The molecular weight excluding hydrogens is 309 g/mol. The highest BCUT2D eigenvalue weighted by Crippen LogP contribution is 2.22. The van der Waals surface area contributed by atoms with Gasteiger partial charge in [-0.1, -0.05) is 11.6 Å². The SMILES string of the molecule is O=C(CCn1c(CCl)nc2ccc(Cl)cc21)N1CCCC1. The highest BCUT2D eigenvalue weighted by Gasteiger charge is 2.18. The van der Waals surface area contributed by atoms with Gasteiger partial charge in [0.2, 0.25) is 5.91 Å². The van der Waals surface area contributed by atoms with Gasteiger partial charge < -0.3 is 9.47 Å². The molecule has 2 heterocycles. The van der Waals surface area contributed by atoms with Crippen molar-refractivity contribution in [3.05, 3.63) is 29.0 Å². The molecule has 1 aliphatic rings. The summed E-state index contributed by atoms with van der Waals surface area (Å²) in [5, 5.41) is 0.663. The molecule has 1 amide bonds. The summed E-state index contributed by atoms with van der Waals surface area (Å²) in [6.07, 6.45) is 2.70. The minimum absolute atomic E-state index is 0.205. The number of imidazole rings is 1. The third-order valence-corrected chi connectivity index (χ3v) is 4.39. The summed E-state index contributed by atoms with van der Waals surface area (Å²) in [5.74, 6) is 1.31. The molecule has 1 aliphatic heterocycles. The maximum atomic E-state index is 12.2. The highest BCUT2D eigenvalue weighted by molar-refractivity contribution is 6.31. The van der Waals surface area contributed by atoms with E-state index < -0.39 is 0 Å². The molecule has 112 valence electrons. The molecule has 1 fully saturated rings. The second-order valence-electron chi connectivity index (χ2n) is 5.28. The number of fused-ring (bicyclic) bond motifs is 1. The van der Waals surface area contributed by atoms with Gasteiger partial charge >= 0.3 is 0 Å². The zero-order valence-electron chi connectivity index (χ0n) is 11.7. The van der Waals surface area contributed by atoms with Crippen LogP contribution in [-0.2, 0) is 17.2 Å². The van der Waals surface area contributed by atoms with Gasteiger partial charge in [0.25, 0.3) is 0 Å². The molecule has 1 aromatic carbocycles. The Morgan fingerprint density at radius 1 is 1.29 bits per heavy atom. The number of carbonyl (C=O) groups excluding carboxylic acids is 1. The number of carbonyl (C=O) groups is 1. The summed E-state index contributed by atoms with van der Waals surface area (Å²) >= 11 is 12.0. The molecule has 0 atom stereocenters. The van der Waals surface area contributed by atoms with E-state index in [-0.39, 0.29) is 5.91 Å². The van der Waals surface area contributed by atoms with Crippen LogP contribution >= 0.6 is 23.2 Å². The topological polar surface area (TPSA) is 38.1 Å². The molecule has 0 saturated carbocycles. The van der Waals surface area contributed by atoms with Crippen molar-refractivity contribution in [3.8, 4) is 0 Å². The monoisotopic (exact) mass is 325 g/mol. The molecule has 0 radical (unpaired) electrons. The molecule has 4 nitrogen and oxygen atoms in total. The average Bonchev–Trinajstić information content (AvgIpc) is 3.12. The Bertz CT molecular complexity index is 662. The fourth-order valence-corrected chi connectivity index (χ4v) is 3.20. The maximum Gasteiger partial charge on any atom is 0.224 e. The van der Waals surface area contributed by atoms with Crippen LogP contribution in [-0.4, -0.2) is 33.4 Å². The largest absolute Gasteiger partial charge is 0.343 e. The third-order valence-electron chi connectivity index (χ3n) is 3.92. The lowest BCUT2D eigenvalue weighted by atomic mass is 10.3. The summed E-state index contributed by atoms with van der Waals surface area (Å²) in [7, 11) is 0. The molecule has 21 heavy (non-hydrogen) atoms. The van der Waals surface area contributed by atoms with Crippen molar-refractivity contribution in [1.29, 1.82) is 0 Å². The van der Waals surface area contributed by atoms with Crippen molar-refractivity contribution in [2.75, 3.05) is 13.1 Å². The fourth-order valence-electron chi connectivity index (χ4n) is 2.83. The number of hydrogen-bond acceptors (Lipinski definition) is 2. The number of halogens is 2. The first kappa shape index (κ1) is 14.7. The van der Waals surface area contributed by atoms with Crippen molar-refractivity contribution in [1.82, 2.24) is 14.5 Å². The Morgan fingerprint density at radius 3 is 2.76 bits per heavy atom. The Morgan fingerprint density at radius 2 is 2.05 bits per heavy atom. The highest BCUT2D eigenvalue weighted by atomic mass is 35.5. The van der Waals surface area contributed by atoms with Crippen LogP contribution < -0.4 is 0 Å². The number of alkyl halides is 1. The van der Waals surface area contributed by atoms with Crippen molar-refractivity contribution >= 4 is 40.1 Å².